The molecular formula is C117H100Cl2Li2NNaO21P4. The van der Waals surface area contributed by atoms with Gasteiger partial charge < -0.3 is 73.5 Å². The number of aromatic carboxylic acids is 2. The number of ether oxygens (including phenoxy) is 2. The first kappa shape index (κ1) is 117. The van der Waals surface area contributed by atoms with E-state index in [1.54, 1.807) is 93.4 Å². The molecule has 148 heavy (non-hydrogen) atoms. The standard InChI is InChI=1S/2C25H21O4P.C25H19O3P.C13H15OP.C12H6O3.C11H7ClO.C5H11NO2.CH2O3.ClH.2Li.Na/c2*1-30(2,29)24(20-13-7-11-16-8-5-6-12-19(16)20)23(26)21-14-17-9-3-4-10-18(17)15-22(21)25(27)28;1-29(2,27)24(20-13-7-11-16-8-5-6-12-19(16)20)23-21-14-17-9-3-4-10-18(17)15-22(21)25(26)28-23;1-15(2,14)10-12-8-5-7-11-6-3-4-9-13(11)12;13-11-9-5-7-3-1-2-4-8(7)6-10(9)12(14)15-11;12-11(13)10-6-5-8-3-1-2-4-9(8)7-10;7-5(8)1-3-6-4-2-5;2-1-4-3;;;;/h3-15,26H,1-2H3,(H,27,28);3-15,24H,1-2H3,(H,27,28);3-15H,1-2H3;3-9H,10H2,1-2H3;1-6H;1-7H;6-8H,1-4H2;1,3H;1H;;;/q;;;;;;;;;3*+1/p-3/b24-23+;;24-23+;;;;;;;;;. The number of carbonyl (C=O) groups excluding carboxylic acids is 7. The number of fused-ring (bicyclic) bond motifs is 11. The molecule has 736 valence electrons. The molecule has 1 atom stereocenters. The average Bonchev–Trinajstić information content (AvgIpc) is 1.42. The number of piperidine rings is 1. The van der Waals surface area contributed by atoms with Crippen LogP contribution in [0.3, 0.4) is 0 Å². The monoisotopic (exact) mass is 2090 g/mol. The molecule has 0 aromatic heterocycles. The van der Waals surface area contributed by atoms with E-state index in [4.69, 9.17) is 36.6 Å². The second-order valence-corrected chi connectivity index (χ2v) is 49.6. The Balaban J connectivity index is 0.000000181. The number of carboxylic acid groups (broad SMARTS) is 2. The average molecular weight is 2090 g/mol. The van der Waals surface area contributed by atoms with Crippen LogP contribution < -0.4 is 88.1 Å². The summed E-state index contributed by atoms with van der Waals surface area (Å²) in [6.07, 6.45) is 1.59. The number of hydrogen-bond acceptors (Lipinski definition) is 21. The van der Waals surface area contributed by atoms with E-state index in [2.05, 4.69) is 39.2 Å². The number of rotatable bonds is 15. The Bertz CT molecular complexity index is 8320. The molecule has 0 aliphatic carbocycles. The van der Waals surface area contributed by atoms with E-state index in [9.17, 15) is 67.1 Å². The van der Waals surface area contributed by atoms with Crippen LogP contribution in [0.5, 0.6) is 0 Å². The fourth-order valence-corrected chi connectivity index (χ4v) is 23.3. The fourth-order valence-electron chi connectivity index (χ4n) is 17.6. The summed E-state index contributed by atoms with van der Waals surface area (Å²) in [5.74, 6) is -6.07. The number of hydrogen-bond donors (Lipinski definition) is 4. The van der Waals surface area contributed by atoms with Crippen molar-refractivity contribution in [2.75, 3.05) is 66.4 Å². The van der Waals surface area contributed by atoms with Gasteiger partial charge in [0.2, 0.25) is 0 Å². The van der Waals surface area contributed by atoms with Gasteiger partial charge in [0.05, 0.1) is 47.8 Å². The third-order valence-corrected chi connectivity index (χ3v) is 30.3. The molecule has 3 heterocycles. The molecule has 1 fully saturated rings. The minimum absolute atomic E-state index is 0. The van der Waals surface area contributed by atoms with Crippen molar-refractivity contribution in [1.29, 1.82) is 0 Å². The Morgan fingerprint density at radius 1 is 0.412 bits per heavy atom. The molecular weight excluding hydrogens is 1990 g/mol. The molecule has 18 aromatic carbocycles. The topological polar surface area (TPSA) is 374 Å². The second-order valence-electron chi connectivity index (χ2n) is 36.1. The zero-order chi connectivity index (χ0) is 103. The molecule has 3 aliphatic heterocycles. The Labute approximate surface area is 912 Å². The zero-order valence-electron chi connectivity index (χ0n) is 83.0. The summed E-state index contributed by atoms with van der Waals surface area (Å²) in [5.41, 5.74) is 4.62. The van der Waals surface area contributed by atoms with Gasteiger partial charge >= 0.3 is 91.2 Å². The third kappa shape index (κ3) is 28.7. The van der Waals surface area contributed by atoms with Crippen molar-refractivity contribution in [3.05, 3.63) is 430 Å². The maximum absolute atomic E-state index is 13.8. The maximum Gasteiger partial charge on any atom is 1.00 e. The summed E-state index contributed by atoms with van der Waals surface area (Å²) in [4.78, 5) is 94.9. The van der Waals surface area contributed by atoms with E-state index < -0.39 is 86.6 Å². The molecule has 0 amide bonds. The molecule has 0 saturated carbocycles. The van der Waals surface area contributed by atoms with Gasteiger partial charge in [-0.15, -0.1) is 12.4 Å². The predicted molar refractivity (Wildman–Crippen MR) is 578 cm³/mol. The molecule has 4 N–H and O–H groups in total. The summed E-state index contributed by atoms with van der Waals surface area (Å²) in [6.45, 7) is 14.6. The molecule has 22 nitrogen and oxygen atoms in total. The summed E-state index contributed by atoms with van der Waals surface area (Å²) in [5, 5.41) is 81.8. The van der Waals surface area contributed by atoms with E-state index in [0.717, 1.165) is 86.4 Å². The Kier molecular flexibility index (Phi) is 40.9. The van der Waals surface area contributed by atoms with Crippen LogP contribution in [0.15, 0.2) is 358 Å². The largest absolute Gasteiger partial charge is 1.00 e. The van der Waals surface area contributed by atoms with E-state index in [1.807, 2.05) is 268 Å². The Hall–Kier alpha value is -12.5. The number of ketones is 1. The molecule has 1 saturated heterocycles. The molecule has 0 spiro atoms. The van der Waals surface area contributed by atoms with Gasteiger partial charge in [0, 0.05) is 59.7 Å². The zero-order valence-corrected chi connectivity index (χ0v) is 90.2. The van der Waals surface area contributed by atoms with Gasteiger partial charge in [-0.3, -0.25) is 14.4 Å². The molecule has 31 heteroatoms. The summed E-state index contributed by atoms with van der Waals surface area (Å²) in [7, 11) is -10.8. The van der Waals surface area contributed by atoms with E-state index in [0.29, 0.717) is 87.5 Å². The van der Waals surface area contributed by atoms with Crippen LogP contribution in [0.1, 0.15) is 124 Å². The molecule has 18 aromatic rings. The number of aliphatic hydroxyl groups is 2. The van der Waals surface area contributed by atoms with Gasteiger partial charge in [0.1, 0.15) is 19.9 Å². The van der Waals surface area contributed by atoms with Crippen molar-refractivity contribution in [2.45, 2.75) is 30.4 Å². The van der Waals surface area contributed by atoms with Crippen molar-refractivity contribution >= 4 is 219 Å². The fraction of sp³-hybridized carbons (Fsp3) is 0.128. The molecule has 0 radical (unpaired) electrons. The summed E-state index contributed by atoms with van der Waals surface area (Å²) < 4.78 is 62.2. The van der Waals surface area contributed by atoms with Crippen molar-refractivity contribution in [2.24, 2.45) is 0 Å². The van der Waals surface area contributed by atoms with Crippen molar-refractivity contribution < 1.29 is 169 Å². The van der Waals surface area contributed by atoms with Crippen LogP contribution >= 0.6 is 52.6 Å². The SMILES string of the molecule is CP(C)(=O)/C(=C(/[O-])c1cc2ccccc2cc1C(=O)[O-])c1cccc2ccccc12.CP(C)(=O)/C(=C1/OC(=O)c2cc3ccccc3cc21)c1cccc2ccccc12.CP(C)(=O)C(C(=O)c1cc2ccccc2cc1C(=O)O)c1cccc2ccccc12.CP(C)(=O)Cc1cccc2ccccc12.Cl.O=C(Cl)c1ccc2ccccc2c1.O=C1OC(=O)c2cc3ccccc3cc21.O=CO[O-].OC1(O)CCNCC1.[Li+].[Li+].[Na+]. The number of cyclic esters (lactones) is 3. The smallest absolute Gasteiger partial charge is 0.872 e. The van der Waals surface area contributed by atoms with Gasteiger partial charge in [-0.2, -0.15) is 0 Å². The molecule has 3 aliphatic rings. The number of Topliss-reactive ketones (excluding diaryl/α,β-unsaturated/α-hetero) is 1. The minimum Gasteiger partial charge on any atom is -0.872 e. The van der Waals surface area contributed by atoms with Crippen LogP contribution in [0.25, 0.3) is 119 Å². The first-order chi connectivity index (χ1) is 68.7. The number of carbonyl (C=O) groups is 8. The van der Waals surface area contributed by atoms with Crippen molar-refractivity contribution in [1.82, 2.24) is 5.32 Å². The Morgan fingerprint density at radius 3 is 1.17 bits per heavy atom. The van der Waals surface area contributed by atoms with Crippen molar-refractivity contribution in [3.8, 4) is 0 Å². The number of nitrogens with one attached hydrogen (secondary N) is 1. The van der Waals surface area contributed by atoms with Crippen LogP contribution in [-0.2, 0) is 43.6 Å². The maximum atomic E-state index is 13.8. The van der Waals surface area contributed by atoms with Crippen LogP contribution in [0, 0.1) is 0 Å². The molecule has 1 unspecified atom stereocenters. The van der Waals surface area contributed by atoms with Gasteiger partial charge in [-0.1, -0.05) is 303 Å². The van der Waals surface area contributed by atoms with Crippen LogP contribution in [-0.4, -0.2) is 135 Å². The predicted octanol–water partition coefficient (Wildman–Crippen LogP) is 15.3. The van der Waals surface area contributed by atoms with Gasteiger partial charge in [0.25, 0.3) is 11.7 Å². The van der Waals surface area contributed by atoms with Gasteiger partial charge in [-0.05, 0) is 250 Å². The van der Waals surface area contributed by atoms with Crippen LogP contribution in [0.2, 0.25) is 0 Å². The summed E-state index contributed by atoms with van der Waals surface area (Å²) >= 11 is 5.36. The quantitative estimate of drug-likeness (QED) is 0.00602. The van der Waals surface area contributed by atoms with Crippen LogP contribution in [0.4, 0.5) is 0 Å². The summed E-state index contributed by atoms with van der Waals surface area (Å²) in [6, 6.07) is 111. The van der Waals surface area contributed by atoms with Crippen molar-refractivity contribution in [3.63, 3.8) is 0 Å². The first-order valence-electron chi connectivity index (χ1n) is 45.6. The minimum atomic E-state index is -3.08. The molecule has 21 rings (SSSR count). The van der Waals surface area contributed by atoms with E-state index >= 15 is 0 Å². The first-order valence-corrected chi connectivity index (χ1v) is 56.6. The number of benzene rings is 18. The second kappa shape index (κ2) is 51.6. The normalized spacial score (nSPS) is 13.4. The van der Waals surface area contributed by atoms with Gasteiger partial charge in [-0.25, -0.2) is 19.2 Å². The molecule has 0 bridgehead atoms. The number of carboxylic acids is 2. The van der Waals surface area contributed by atoms with E-state index in [-0.39, 0.29) is 114 Å². The third-order valence-electron chi connectivity index (χ3n) is 24.2. The van der Waals surface area contributed by atoms with E-state index in [1.165, 1.54) is 41.8 Å². The van der Waals surface area contributed by atoms with Gasteiger partial charge in [0.15, 0.2) is 17.3 Å². The number of esters is 3. The Morgan fingerprint density at radius 2 is 0.757 bits per heavy atom. The number of halogens is 2.